The van der Waals surface area contributed by atoms with E-state index in [0.717, 1.165) is 18.6 Å². The third-order valence-electron chi connectivity index (χ3n) is 5.96. The van der Waals surface area contributed by atoms with E-state index in [1.807, 2.05) is 0 Å². The average molecular weight is 550 g/mol. The predicted molar refractivity (Wildman–Crippen MR) is 129 cm³/mol. The van der Waals surface area contributed by atoms with Gasteiger partial charge in [-0.25, -0.2) is 8.78 Å². The first-order valence-electron chi connectivity index (χ1n) is 11.2. The minimum atomic E-state index is -3.65. The van der Waals surface area contributed by atoms with E-state index in [9.17, 15) is 31.9 Å². The molecule has 0 unspecified atom stereocenters. The summed E-state index contributed by atoms with van der Waals surface area (Å²) in [5.41, 5.74) is 0.669. The van der Waals surface area contributed by atoms with Gasteiger partial charge in [-0.1, -0.05) is 0 Å². The third-order valence-corrected chi connectivity index (χ3v) is 6.53. The molecular formula is C23H20F2N4O8S. The number of aromatic nitrogens is 4. The molecule has 12 nitrogen and oxygen atoms in total. The summed E-state index contributed by atoms with van der Waals surface area (Å²) in [5.74, 6) is -1.32. The van der Waals surface area contributed by atoms with Crippen molar-refractivity contribution < 1.29 is 36.0 Å². The first kappa shape index (κ1) is 25.7. The van der Waals surface area contributed by atoms with Crippen LogP contribution in [0.3, 0.4) is 0 Å². The molecule has 0 bridgehead atoms. The zero-order chi connectivity index (χ0) is 27.2. The lowest BCUT2D eigenvalue weighted by molar-refractivity contribution is 0.152. The van der Waals surface area contributed by atoms with Crippen LogP contribution in [0.5, 0.6) is 11.5 Å². The number of nitrogens with zero attached hydrogens (tertiary/aromatic N) is 4. The fourth-order valence-electron chi connectivity index (χ4n) is 4.31. The van der Waals surface area contributed by atoms with Crippen molar-refractivity contribution in [2.24, 2.45) is 0 Å². The average Bonchev–Trinajstić information content (AvgIpc) is 2.89. The molecule has 0 amide bonds. The molecule has 1 N–H and O–H groups in total. The Labute approximate surface area is 212 Å². The molecule has 4 aromatic rings. The Bertz CT molecular complexity index is 1790. The summed E-state index contributed by atoms with van der Waals surface area (Å²) >= 11 is 0. The van der Waals surface area contributed by atoms with Crippen molar-refractivity contribution in [3.8, 4) is 11.5 Å². The Morgan fingerprint density at radius 1 is 0.921 bits per heavy atom. The van der Waals surface area contributed by atoms with Crippen LogP contribution in [0.2, 0.25) is 0 Å². The summed E-state index contributed by atoms with van der Waals surface area (Å²) < 4.78 is 67.3. The number of ether oxygens (including phenoxy) is 2. The lowest BCUT2D eigenvalue weighted by atomic mass is 10.2. The minimum absolute atomic E-state index is 0.0254. The Morgan fingerprint density at radius 2 is 1.39 bits per heavy atom. The maximum atomic E-state index is 13.7. The lowest BCUT2D eigenvalue weighted by Gasteiger charge is -2.27. The molecule has 0 radical (unpaired) electrons. The second-order valence-corrected chi connectivity index (χ2v) is 10.2. The molecule has 2 aliphatic heterocycles. The molecule has 0 aromatic carbocycles. The molecule has 0 fully saturated rings. The topological polar surface area (TPSA) is 152 Å². The van der Waals surface area contributed by atoms with Crippen molar-refractivity contribution >= 4 is 32.2 Å². The van der Waals surface area contributed by atoms with Crippen LogP contribution in [0.25, 0.3) is 22.1 Å². The number of rotatable bonds is 4. The number of aliphatic hydroxyl groups excluding tert-OH is 1. The summed E-state index contributed by atoms with van der Waals surface area (Å²) in [4.78, 5) is 31.6. The molecule has 15 heteroatoms. The molecule has 0 saturated heterocycles. The Balaban J connectivity index is 0.000000158. The van der Waals surface area contributed by atoms with E-state index in [0.29, 0.717) is 16.6 Å². The van der Waals surface area contributed by atoms with Crippen molar-refractivity contribution in [2.75, 3.05) is 32.7 Å². The quantitative estimate of drug-likeness (QED) is 0.363. The summed E-state index contributed by atoms with van der Waals surface area (Å²) in [6, 6.07) is 4.44. The van der Waals surface area contributed by atoms with Crippen LogP contribution < -0.4 is 20.6 Å². The van der Waals surface area contributed by atoms with Crippen molar-refractivity contribution in [1.82, 2.24) is 19.1 Å². The van der Waals surface area contributed by atoms with E-state index in [1.165, 1.54) is 33.4 Å². The maximum absolute atomic E-state index is 13.7. The summed E-state index contributed by atoms with van der Waals surface area (Å²) in [6.45, 7) is -0.505. The van der Waals surface area contributed by atoms with Crippen LogP contribution in [0.1, 0.15) is 12.1 Å². The van der Waals surface area contributed by atoms with Gasteiger partial charge in [0.1, 0.15) is 24.2 Å². The zero-order valence-corrected chi connectivity index (χ0v) is 20.5. The van der Waals surface area contributed by atoms with Crippen LogP contribution in [0.4, 0.5) is 8.78 Å². The van der Waals surface area contributed by atoms with Gasteiger partial charge in [-0.15, -0.1) is 0 Å². The van der Waals surface area contributed by atoms with Crippen molar-refractivity contribution in [3.63, 3.8) is 0 Å². The first-order valence-corrected chi connectivity index (χ1v) is 13.0. The highest BCUT2D eigenvalue weighted by atomic mass is 32.2. The molecule has 4 aromatic heterocycles. The van der Waals surface area contributed by atoms with Gasteiger partial charge >= 0.3 is 0 Å². The molecule has 38 heavy (non-hydrogen) atoms. The molecule has 0 spiro atoms. The van der Waals surface area contributed by atoms with Crippen molar-refractivity contribution in [2.45, 2.75) is 12.1 Å². The maximum Gasteiger partial charge on any atom is 0.264 e. The number of hydrogen-bond donors (Lipinski definition) is 1. The molecule has 0 saturated carbocycles. The van der Waals surface area contributed by atoms with Crippen LogP contribution in [-0.4, -0.2) is 65.3 Å². The van der Waals surface area contributed by atoms with E-state index < -0.39 is 39.4 Å². The monoisotopic (exact) mass is 550 g/mol. The molecule has 6 heterocycles. The summed E-state index contributed by atoms with van der Waals surface area (Å²) in [7, 11) is -3.65. The van der Waals surface area contributed by atoms with Gasteiger partial charge in [0.15, 0.2) is 23.1 Å². The molecule has 0 aliphatic carbocycles. The highest BCUT2D eigenvalue weighted by molar-refractivity contribution is 7.85. The first-order chi connectivity index (χ1) is 18.1. The van der Waals surface area contributed by atoms with Gasteiger partial charge in [-0.05, 0) is 12.1 Å². The number of pyridine rings is 4. The summed E-state index contributed by atoms with van der Waals surface area (Å²) in [5, 5.41) is 9.21. The SMILES string of the molecule is CS(=O)(=O)OC[C@H]1COc2c(F)cnc3ccc(=O)n1c23.O=c1ccc2ncc(F)c3c2n1[C@@H](CO)CO3. The smallest absolute Gasteiger partial charge is 0.264 e. The fraction of sp³-hybridized carbons (Fsp3) is 0.304. The van der Waals surface area contributed by atoms with Gasteiger partial charge in [-0.3, -0.25) is 32.9 Å². The molecule has 6 rings (SSSR count). The van der Waals surface area contributed by atoms with E-state index >= 15 is 0 Å². The van der Waals surface area contributed by atoms with E-state index in [1.54, 1.807) is 0 Å². The standard InChI is InChI=1S/C12H11FN2O5S.C11H9FN2O3/c1-21(17,18)20-6-7-5-19-12-8(13)4-14-9-2-3-10(16)15(7)11(9)12;12-7-3-13-8-1-2-9(16)14-6(4-15)5-17-11(7)10(8)14/h2-4,7H,5-6H2,1H3;1-3,6,15H,4-5H2/t7-;6-/m10/s1. The summed E-state index contributed by atoms with van der Waals surface area (Å²) in [6.07, 6.45) is 2.99. The molecule has 2 aliphatic rings. The van der Waals surface area contributed by atoms with Crippen LogP contribution in [0.15, 0.2) is 46.2 Å². The van der Waals surface area contributed by atoms with Crippen LogP contribution in [-0.2, 0) is 14.3 Å². The second kappa shape index (κ2) is 9.74. The van der Waals surface area contributed by atoms with Gasteiger partial charge in [0, 0.05) is 12.1 Å². The van der Waals surface area contributed by atoms with Gasteiger partial charge in [-0.2, -0.15) is 8.42 Å². The third kappa shape index (κ3) is 4.59. The minimum Gasteiger partial charge on any atom is -0.486 e. The number of aliphatic hydroxyl groups is 1. The highest BCUT2D eigenvalue weighted by Gasteiger charge is 2.28. The largest absolute Gasteiger partial charge is 0.486 e. The van der Waals surface area contributed by atoms with E-state index in [-0.39, 0.29) is 49.0 Å². The molecule has 2 atom stereocenters. The van der Waals surface area contributed by atoms with Gasteiger partial charge in [0.25, 0.3) is 21.2 Å². The lowest BCUT2D eigenvalue weighted by Crippen LogP contribution is -2.35. The van der Waals surface area contributed by atoms with Crippen molar-refractivity contribution in [3.05, 3.63) is 69.0 Å². The fourth-order valence-corrected chi connectivity index (χ4v) is 4.71. The Hall–Kier alpha value is -3.95. The van der Waals surface area contributed by atoms with Gasteiger partial charge in [0.2, 0.25) is 0 Å². The number of halogens is 2. The highest BCUT2D eigenvalue weighted by Crippen LogP contribution is 2.33. The van der Waals surface area contributed by atoms with Crippen LogP contribution in [0, 0.1) is 11.6 Å². The second-order valence-electron chi connectivity index (χ2n) is 8.52. The Kier molecular flexibility index (Phi) is 6.58. The normalized spacial score (nSPS) is 17.9. The number of hydrogen-bond acceptors (Lipinski definition) is 10. The van der Waals surface area contributed by atoms with Gasteiger partial charge in [0.05, 0.1) is 55.0 Å². The van der Waals surface area contributed by atoms with E-state index in [2.05, 4.69) is 9.97 Å². The predicted octanol–water partition coefficient (Wildman–Crippen LogP) is 0.907. The van der Waals surface area contributed by atoms with Gasteiger partial charge < -0.3 is 14.6 Å². The zero-order valence-electron chi connectivity index (χ0n) is 19.7. The van der Waals surface area contributed by atoms with Crippen LogP contribution >= 0.6 is 0 Å². The van der Waals surface area contributed by atoms with Crippen molar-refractivity contribution in [1.29, 1.82) is 0 Å². The van der Waals surface area contributed by atoms with E-state index in [4.69, 9.17) is 13.7 Å². The Morgan fingerprint density at radius 3 is 1.87 bits per heavy atom. The molecular weight excluding hydrogens is 530 g/mol. The molecule has 200 valence electrons.